The molecule has 0 unspecified atom stereocenters. The van der Waals surface area contributed by atoms with Gasteiger partial charge in [0.15, 0.2) is 0 Å². The normalized spacial score (nSPS) is 13.8. The van der Waals surface area contributed by atoms with Crippen LogP contribution in [0.2, 0.25) is 0 Å². The summed E-state index contributed by atoms with van der Waals surface area (Å²) in [4.78, 5) is 40.3. The van der Waals surface area contributed by atoms with Crippen molar-refractivity contribution in [2.75, 3.05) is 11.9 Å². The SMILES string of the molecule is CCOc1ccc(C=C2CCn3c2nc2cc(NC(=O)CCC(=O)O)ccc2c3=O)cc1. The minimum atomic E-state index is -1.03. The third-order valence-electron chi connectivity index (χ3n) is 5.23. The lowest BCUT2D eigenvalue weighted by atomic mass is 10.1. The molecule has 1 aliphatic rings. The van der Waals surface area contributed by atoms with Crippen LogP contribution in [0.1, 0.15) is 37.6 Å². The van der Waals surface area contributed by atoms with Crippen LogP contribution in [0.5, 0.6) is 5.75 Å². The van der Waals surface area contributed by atoms with E-state index in [4.69, 9.17) is 14.8 Å². The molecule has 0 bridgehead atoms. The van der Waals surface area contributed by atoms with Crippen molar-refractivity contribution in [3.05, 3.63) is 64.2 Å². The number of nitrogens with one attached hydrogen (secondary N) is 1. The molecule has 8 heteroatoms. The van der Waals surface area contributed by atoms with E-state index in [1.807, 2.05) is 37.3 Å². The number of aromatic nitrogens is 2. The molecule has 0 radical (unpaired) electrons. The van der Waals surface area contributed by atoms with E-state index in [0.29, 0.717) is 42.0 Å². The van der Waals surface area contributed by atoms with Gasteiger partial charge < -0.3 is 15.2 Å². The van der Waals surface area contributed by atoms with Gasteiger partial charge in [-0.05, 0) is 60.9 Å². The van der Waals surface area contributed by atoms with Crippen molar-refractivity contribution in [2.24, 2.45) is 0 Å². The van der Waals surface area contributed by atoms with Crippen LogP contribution >= 0.6 is 0 Å². The Kier molecular flexibility index (Phi) is 6.02. The third-order valence-corrected chi connectivity index (χ3v) is 5.23. The van der Waals surface area contributed by atoms with Crippen LogP contribution in [0, 0.1) is 0 Å². The first kappa shape index (κ1) is 21.3. The highest BCUT2D eigenvalue weighted by Crippen LogP contribution is 2.28. The number of fused-ring (bicyclic) bond motifs is 2. The standard InChI is InChI=1S/C24H23N3O5/c1-2-32-18-6-3-15(4-7-18)13-16-11-12-27-23(16)26-20-14-17(5-8-19(20)24(27)31)25-21(28)9-10-22(29)30/h3-8,13-14H,2,9-12H2,1H3,(H,25,28)(H,29,30). The molecule has 2 N–H and O–H groups in total. The van der Waals surface area contributed by atoms with Crippen LogP contribution in [0.25, 0.3) is 22.6 Å². The topological polar surface area (TPSA) is 111 Å². The van der Waals surface area contributed by atoms with Gasteiger partial charge >= 0.3 is 5.97 Å². The van der Waals surface area contributed by atoms with Gasteiger partial charge in [0, 0.05) is 18.7 Å². The van der Waals surface area contributed by atoms with Gasteiger partial charge in [0.25, 0.3) is 5.56 Å². The third kappa shape index (κ3) is 4.54. The first-order valence-corrected chi connectivity index (χ1v) is 10.4. The molecule has 1 aromatic heterocycles. The summed E-state index contributed by atoms with van der Waals surface area (Å²) < 4.78 is 7.15. The molecule has 4 rings (SSSR count). The molecular formula is C24H23N3O5. The summed E-state index contributed by atoms with van der Waals surface area (Å²) in [6.45, 7) is 3.11. The van der Waals surface area contributed by atoms with Crippen LogP contribution in [-0.4, -0.2) is 33.1 Å². The average molecular weight is 433 g/mol. The van der Waals surface area contributed by atoms with E-state index in [2.05, 4.69) is 5.32 Å². The maximum Gasteiger partial charge on any atom is 0.303 e. The fraction of sp³-hybridized carbons (Fsp3) is 0.250. The molecule has 0 spiro atoms. The summed E-state index contributed by atoms with van der Waals surface area (Å²) in [6, 6.07) is 12.6. The summed E-state index contributed by atoms with van der Waals surface area (Å²) in [5.74, 6) is -0.0121. The summed E-state index contributed by atoms with van der Waals surface area (Å²) in [5.41, 5.74) is 2.79. The molecule has 3 aromatic rings. The lowest BCUT2D eigenvalue weighted by Gasteiger charge is -2.09. The van der Waals surface area contributed by atoms with E-state index < -0.39 is 11.9 Å². The van der Waals surface area contributed by atoms with Crippen LogP contribution in [0.15, 0.2) is 47.3 Å². The van der Waals surface area contributed by atoms with E-state index in [9.17, 15) is 14.4 Å². The Balaban J connectivity index is 1.64. The van der Waals surface area contributed by atoms with Gasteiger partial charge in [-0.15, -0.1) is 0 Å². The maximum atomic E-state index is 13.0. The second-order valence-corrected chi connectivity index (χ2v) is 7.49. The lowest BCUT2D eigenvalue weighted by molar-refractivity contribution is -0.138. The number of anilines is 1. The van der Waals surface area contributed by atoms with Crippen molar-refractivity contribution < 1.29 is 19.4 Å². The first-order valence-electron chi connectivity index (χ1n) is 10.4. The summed E-state index contributed by atoms with van der Waals surface area (Å²) in [7, 11) is 0. The van der Waals surface area contributed by atoms with Gasteiger partial charge in [0.1, 0.15) is 11.6 Å². The number of aliphatic carboxylic acids is 1. The second kappa shape index (κ2) is 9.05. The summed E-state index contributed by atoms with van der Waals surface area (Å²) >= 11 is 0. The van der Waals surface area contributed by atoms with Gasteiger partial charge in [0.05, 0.1) is 23.9 Å². The van der Waals surface area contributed by atoms with Gasteiger partial charge in [-0.25, -0.2) is 4.98 Å². The predicted molar refractivity (Wildman–Crippen MR) is 122 cm³/mol. The highest BCUT2D eigenvalue weighted by atomic mass is 16.5. The van der Waals surface area contributed by atoms with Crippen molar-refractivity contribution in [1.82, 2.24) is 9.55 Å². The fourth-order valence-corrected chi connectivity index (χ4v) is 3.70. The van der Waals surface area contributed by atoms with E-state index in [0.717, 1.165) is 16.9 Å². The maximum absolute atomic E-state index is 13.0. The van der Waals surface area contributed by atoms with Crippen molar-refractivity contribution in [3.63, 3.8) is 0 Å². The highest BCUT2D eigenvalue weighted by molar-refractivity contribution is 5.95. The largest absolute Gasteiger partial charge is 0.494 e. The minimum absolute atomic E-state index is 0.121. The molecule has 0 atom stereocenters. The van der Waals surface area contributed by atoms with Gasteiger partial charge in [0.2, 0.25) is 5.91 Å². The number of carboxylic acids is 1. The lowest BCUT2D eigenvalue weighted by Crippen LogP contribution is -2.21. The van der Waals surface area contributed by atoms with Crippen LogP contribution < -0.4 is 15.6 Å². The summed E-state index contributed by atoms with van der Waals surface area (Å²) in [6.07, 6.45) is 2.35. The molecule has 0 saturated carbocycles. The molecule has 0 saturated heterocycles. The zero-order chi connectivity index (χ0) is 22.7. The molecule has 164 valence electrons. The number of allylic oxidation sites excluding steroid dienone is 1. The molecular weight excluding hydrogens is 410 g/mol. The Bertz CT molecular complexity index is 1280. The Morgan fingerprint density at radius 1 is 1.19 bits per heavy atom. The molecule has 2 heterocycles. The smallest absolute Gasteiger partial charge is 0.303 e. The minimum Gasteiger partial charge on any atom is -0.494 e. The van der Waals surface area contributed by atoms with Crippen molar-refractivity contribution >= 4 is 40.1 Å². The Morgan fingerprint density at radius 3 is 2.69 bits per heavy atom. The number of hydrogen-bond donors (Lipinski definition) is 2. The molecule has 8 nitrogen and oxygen atoms in total. The number of rotatable bonds is 7. The first-order chi connectivity index (χ1) is 15.4. The van der Waals surface area contributed by atoms with E-state index >= 15 is 0 Å². The highest BCUT2D eigenvalue weighted by Gasteiger charge is 2.21. The molecule has 2 aromatic carbocycles. The average Bonchev–Trinajstić information content (AvgIpc) is 3.16. The number of carbonyl (C=O) groups is 2. The van der Waals surface area contributed by atoms with Gasteiger partial charge in [-0.2, -0.15) is 0 Å². The van der Waals surface area contributed by atoms with Gasteiger partial charge in [-0.1, -0.05) is 12.1 Å². The van der Waals surface area contributed by atoms with Crippen molar-refractivity contribution in [2.45, 2.75) is 32.7 Å². The predicted octanol–water partition coefficient (Wildman–Crippen LogP) is 3.54. The molecule has 1 aliphatic heterocycles. The quantitative estimate of drug-likeness (QED) is 0.590. The number of carbonyl (C=O) groups excluding carboxylic acids is 1. The van der Waals surface area contributed by atoms with Crippen LogP contribution in [0.4, 0.5) is 5.69 Å². The molecule has 0 fully saturated rings. The fourth-order valence-electron chi connectivity index (χ4n) is 3.70. The zero-order valence-electron chi connectivity index (χ0n) is 17.6. The molecule has 1 amide bonds. The Morgan fingerprint density at radius 2 is 1.97 bits per heavy atom. The van der Waals surface area contributed by atoms with E-state index in [1.165, 1.54) is 0 Å². The zero-order valence-corrected chi connectivity index (χ0v) is 17.6. The number of nitrogens with zero attached hydrogens (tertiary/aromatic N) is 2. The number of hydrogen-bond acceptors (Lipinski definition) is 5. The monoisotopic (exact) mass is 433 g/mol. The molecule has 0 aliphatic carbocycles. The van der Waals surface area contributed by atoms with Gasteiger partial charge in [-0.3, -0.25) is 19.0 Å². The van der Waals surface area contributed by atoms with Crippen LogP contribution in [-0.2, 0) is 16.1 Å². The van der Waals surface area contributed by atoms with Crippen LogP contribution in [0.3, 0.4) is 0 Å². The van der Waals surface area contributed by atoms with E-state index in [1.54, 1.807) is 22.8 Å². The number of ether oxygens (including phenoxy) is 1. The second-order valence-electron chi connectivity index (χ2n) is 7.49. The number of amides is 1. The number of carboxylic acid groups (broad SMARTS) is 1. The Labute approximate surface area is 184 Å². The Hall–Kier alpha value is -3.94. The number of benzene rings is 2. The van der Waals surface area contributed by atoms with Crippen molar-refractivity contribution in [1.29, 1.82) is 0 Å². The molecule has 32 heavy (non-hydrogen) atoms. The van der Waals surface area contributed by atoms with Crippen molar-refractivity contribution in [3.8, 4) is 5.75 Å². The summed E-state index contributed by atoms with van der Waals surface area (Å²) in [5, 5.41) is 11.9. The van der Waals surface area contributed by atoms with E-state index in [-0.39, 0.29) is 18.4 Å².